The van der Waals surface area contributed by atoms with Crippen molar-refractivity contribution in [1.29, 1.82) is 0 Å². The topological polar surface area (TPSA) is 92.5 Å². The molecule has 0 heterocycles. The molecule has 8 heteroatoms. The number of nitro groups is 1. The van der Waals surface area contributed by atoms with Crippen molar-refractivity contribution >= 4 is 11.6 Å². The zero-order valence-corrected chi connectivity index (χ0v) is 10.0. The lowest BCUT2D eigenvalue weighted by Crippen LogP contribution is -2.37. The molecule has 1 aromatic rings. The maximum Gasteiger partial charge on any atom is 0.308 e. The van der Waals surface area contributed by atoms with Crippen molar-refractivity contribution < 1.29 is 23.6 Å². The Morgan fingerprint density at radius 1 is 1.53 bits per heavy atom. The van der Waals surface area contributed by atoms with E-state index in [0.29, 0.717) is 18.6 Å². The zero-order chi connectivity index (χ0) is 14.6. The Labute approximate surface area is 107 Å². The van der Waals surface area contributed by atoms with Gasteiger partial charge in [-0.1, -0.05) is 6.92 Å². The van der Waals surface area contributed by atoms with Gasteiger partial charge in [0.15, 0.2) is 0 Å². The van der Waals surface area contributed by atoms with Crippen LogP contribution in [0.5, 0.6) is 0 Å². The van der Waals surface area contributed by atoms with Gasteiger partial charge in [0.1, 0.15) is 5.82 Å². The molecule has 104 valence electrons. The summed E-state index contributed by atoms with van der Waals surface area (Å²) >= 11 is 0. The van der Waals surface area contributed by atoms with E-state index in [0.717, 1.165) is 0 Å². The van der Waals surface area contributed by atoms with E-state index in [9.17, 15) is 23.7 Å². The number of aliphatic hydroxyl groups is 1. The van der Waals surface area contributed by atoms with Crippen LogP contribution in [0.15, 0.2) is 12.1 Å². The van der Waals surface area contributed by atoms with Gasteiger partial charge in [-0.05, 0) is 12.5 Å². The smallest absolute Gasteiger partial charge is 0.308 e. The highest BCUT2D eigenvalue weighted by Gasteiger charge is 2.25. The predicted octanol–water partition coefficient (Wildman–Crippen LogP) is 1.37. The highest BCUT2D eigenvalue weighted by molar-refractivity contribution is 5.95. The molecule has 1 aromatic carbocycles. The summed E-state index contributed by atoms with van der Waals surface area (Å²) in [6.07, 6.45) is 0.376. The highest BCUT2D eigenvalue weighted by Crippen LogP contribution is 2.22. The van der Waals surface area contributed by atoms with Crippen molar-refractivity contribution in [2.24, 2.45) is 0 Å². The fraction of sp³-hybridized carbons (Fsp3) is 0.364. The molecule has 1 rings (SSSR count). The summed E-state index contributed by atoms with van der Waals surface area (Å²) in [5.74, 6) is -3.51. The van der Waals surface area contributed by atoms with Gasteiger partial charge in [0.05, 0.1) is 29.2 Å². The van der Waals surface area contributed by atoms with Gasteiger partial charge in [0, 0.05) is 0 Å². The van der Waals surface area contributed by atoms with Gasteiger partial charge in [0.25, 0.3) is 5.91 Å². The molecule has 0 bridgehead atoms. The molecule has 2 N–H and O–H groups in total. The van der Waals surface area contributed by atoms with E-state index in [-0.39, 0.29) is 6.61 Å². The maximum atomic E-state index is 13.7. The first kappa shape index (κ1) is 15.0. The van der Waals surface area contributed by atoms with Gasteiger partial charge in [-0.3, -0.25) is 14.9 Å². The number of nitro benzene ring substituents is 1. The van der Waals surface area contributed by atoms with Crippen LogP contribution in [0, 0.1) is 21.7 Å². The molecule has 1 amide bonds. The summed E-state index contributed by atoms with van der Waals surface area (Å²) < 4.78 is 26.8. The number of hydrogen-bond acceptors (Lipinski definition) is 4. The standard InChI is InChI=1S/C11H12F2N2O4/c1-2-7(5-16)14-11(17)8-3-6(12)4-9(10(8)13)15(18)19/h3-4,7,16H,2,5H2,1H3,(H,14,17)/t7-/m0/s1. The summed E-state index contributed by atoms with van der Waals surface area (Å²) in [5.41, 5.74) is -1.87. The first-order valence-corrected chi connectivity index (χ1v) is 5.45. The molecule has 0 aromatic heterocycles. The summed E-state index contributed by atoms with van der Waals surface area (Å²) in [6, 6.07) is 0.339. The van der Waals surface area contributed by atoms with Crippen LogP contribution in [0.2, 0.25) is 0 Å². The van der Waals surface area contributed by atoms with Crippen molar-refractivity contribution in [3.05, 3.63) is 39.4 Å². The fourth-order valence-electron chi connectivity index (χ4n) is 1.41. The van der Waals surface area contributed by atoms with Gasteiger partial charge in [-0.15, -0.1) is 0 Å². The van der Waals surface area contributed by atoms with E-state index in [1.165, 1.54) is 0 Å². The molecule has 1 atom stereocenters. The number of benzene rings is 1. The number of aliphatic hydroxyl groups excluding tert-OH is 1. The first-order chi connectivity index (χ1) is 8.90. The lowest BCUT2D eigenvalue weighted by Gasteiger charge is -2.14. The number of carbonyl (C=O) groups excluding carboxylic acids is 1. The van der Waals surface area contributed by atoms with Crippen LogP contribution in [0.4, 0.5) is 14.5 Å². The minimum absolute atomic E-state index is 0.374. The van der Waals surface area contributed by atoms with Crippen molar-refractivity contribution in [2.75, 3.05) is 6.61 Å². The number of rotatable bonds is 5. The Bertz CT molecular complexity index is 504. The SMILES string of the molecule is CC[C@@H](CO)NC(=O)c1cc(F)cc([N+](=O)[O-])c1F. The Hall–Kier alpha value is -2.09. The summed E-state index contributed by atoms with van der Waals surface area (Å²) in [7, 11) is 0. The van der Waals surface area contributed by atoms with E-state index < -0.39 is 39.8 Å². The Morgan fingerprint density at radius 2 is 2.16 bits per heavy atom. The molecule has 0 radical (unpaired) electrons. The molecule has 19 heavy (non-hydrogen) atoms. The monoisotopic (exact) mass is 274 g/mol. The van der Waals surface area contributed by atoms with Crippen LogP contribution in [-0.4, -0.2) is 28.6 Å². The normalized spacial score (nSPS) is 12.0. The summed E-state index contributed by atoms with van der Waals surface area (Å²) in [5, 5.41) is 21.7. The second-order valence-electron chi connectivity index (χ2n) is 3.80. The van der Waals surface area contributed by atoms with Gasteiger partial charge in [0.2, 0.25) is 5.82 Å². The van der Waals surface area contributed by atoms with Crippen molar-refractivity contribution in [1.82, 2.24) is 5.32 Å². The van der Waals surface area contributed by atoms with Crippen LogP contribution in [0.1, 0.15) is 23.7 Å². The van der Waals surface area contributed by atoms with Crippen LogP contribution in [0.25, 0.3) is 0 Å². The average molecular weight is 274 g/mol. The third kappa shape index (κ3) is 3.44. The Balaban J connectivity index is 3.13. The molecule has 0 unspecified atom stereocenters. The van der Waals surface area contributed by atoms with Gasteiger partial charge in [-0.25, -0.2) is 4.39 Å². The summed E-state index contributed by atoms with van der Waals surface area (Å²) in [6.45, 7) is 1.30. The molecule has 6 nitrogen and oxygen atoms in total. The minimum atomic E-state index is -1.41. The third-order valence-electron chi connectivity index (χ3n) is 2.51. The molecule has 0 saturated heterocycles. The fourth-order valence-corrected chi connectivity index (χ4v) is 1.41. The number of halogens is 2. The van der Waals surface area contributed by atoms with Crippen LogP contribution in [0.3, 0.4) is 0 Å². The highest BCUT2D eigenvalue weighted by atomic mass is 19.1. The van der Waals surface area contributed by atoms with Crippen molar-refractivity contribution in [3.63, 3.8) is 0 Å². The number of nitrogens with zero attached hydrogens (tertiary/aromatic N) is 1. The second kappa shape index (κ2) is 6.19. The summed E-state index contributed by atoms with van der Waals surface area (Å²) in [4.78, 5) is 21.1. The van der Waals surface area contributed by atoms with Gasteiger partial charge >= 0.3 is 5.69 Å². The molecular weight excluding hydrogens is 262 g/mol. The van der Waals surface area contributed by atoms with Gasteiger partial charge < -0.3 is 10.4 Å². The molecule has 0 aliphatic carbocycles. The first-order valence-electron chi connectivity index (χ1n) is 5.45. The molecule has 0 spiro atoms. The number of amides is 1. The molecule has 0 saturated carbocycles. The number of carbonyl (C=O) groups is 1. The van der Waals surface area contributed by atoms with Crippen LogP contribution in [-0.2, 0) is 0 Å². The van der Waals surface area contributed by atoms with E-state index in [4.69, 9.17) is 5.11 Å². The van der Waals surface area contributed by atoms with E-state index in [2.05, 4.69) is 5.32 Å². The second-order valence-corrected chi connectivity index (χ2v) is 3.80. The third-order valence-corrected chi connectivity index (χ3v) is 2.51. The van der Waals surface area contributed by atoms with Crippen LogP contribution < -0.4 is 5.32 Å². The van der Waals surface area contributed by atoms with E-state index in [1.807, 2.05) is 0 Å². The molecule has 0 aliphatic rings. The quantitative estimate of drug-likeness (QED) is 0.626. The predicted molar refractivity (Wildman–Crippen MR) is 61.6 cm³/mol. The van der Waals surface area contributed by atoms with E-state index in [1.54, 1.807) is 6.92 Å². The van der Waals surface area contributed by atoms with Crippen LogP contribution >= 0.6 is 0 Å². The minimum Gasteiger partial charge on any atom is -0.394 e. The largest absolute Gasteiger partial charge is 0.394 e. The lowest BCUT2D eigenvalue weighted by atomic mass is 10.1. The molecule has 0 aliphatic heterocycles. The number of nitrogens with one attached hydrogen (secondary N) is 1. The average Bonchev–Trinajstić information content (AvgIpc) is 2.37. The maximum absolute atomic E-state index is 13.7. The Kier molecular flexibility index (Phi) is 4.87. The van der Waals surface area contributed by atoms with Gasteiger partial charge in [-0.2, -0.15) is 4.39 Å². The van der Waals surface area contributed by atoms with Crippen molar-refractivity contribution in [3.8, 4) is 0 Å². The lowest BCUT2D eigenvalue weighted by molar-refractivity contribution is -0.387. The zero-order valence-electron chi connectivity index (χ0n) is 10.0. The number of hydrogen-bond donors (Lipinski definition) is 2. The molecule has 0 fully saturated rings. The molecular formula is C11H12F2N2O4. The van der Waals surface area contributed by atoms with E-state index >= 15 is 0 Å². The van der Waals surface area contributed by atoms with Crippen molar-refractivity contribution in [2.45, 2.75) is 19.4 Å². The Morgan fingerprint density at radius 3 is 2.63 bits per heavy atom.